The second-order valence-electron chi connectivity index (χ2n) is 2.48. The molecule has 2 nitrogen and oxygen atoms in total. The molecule has 0 saturated heterocycles. The summed E-state index contributed by atoms with van der Waals surface area (Å²) >= 11 is 0. The van der Waals surface area contributed by atoms with Gasteiger partial charge in [-0.2, -0.15) is 0 Å². The third-order valence-electron chi connectivity index (χ3n) is 1.76. The second kappa shape index (κ2) is 3.93. The standard InChI is InChI=1S/C10H13NO/c1-3-8-4-5-10(12-2)9(6-8)7-11/h3-6H,1,7,11H2,2H3. The summed E-state index contributed by atoms with van der Waals surface area (Å²) in [5.74, 6) is 0.836. The van der Waals surface area contributed by atoms with Gasteiger partial charge < -0.3 is 10.5 Å². The van der Waals surface area contributed by atoms with E-state index in [-0.39, 0.29) is 0 Å². The zero-order valence-corrected chi connectivity index (χ0v) is 7.21. The number of methoxy groups -OCH3 is 1. The van der Waals surface area contributed by atoms with Gasteiger partial charge in [-0.25, -0.2) is 0 Å². The highest BCUT2D eigenvalue weighted by molar-refractivity contribution is 5.51. The third kappa shape index (κ3) is 1.66. The lowest BCUT2D eigenvalue weighted by molar-refractivity contribution is 0.410. The number of benzene rings is 1. The predicted molar refractivity (Wildman–Crippen MR) is 51.0 cm³/mol. The van der Waals surface area contributed by atoms with Crippen LogP contribution in [-0.2, 0) is 6.54 Å². The number of hydrogen-bond donors (Lipinski definition) is 1. The van der Waals surface area contributed by atoms with Crippen molar-refractivity contribution >= 4 is 6.08 Å². The fourth-order valence-electron chi connectivity index (χ4n) is 1.08. The average Bonchev–Trinajstić information content (AvgIpc) is 2.16. The zero-order chi connectivity index (χ0) is 8.97. The van der Waals surface area contributed by atoms with Crippen molar-refractivity contribution in [3.05, 3.63) is 35.9 Å². The lowest BCUT2D eigenvalue weighted by Gasteiger charge is -2.06. The monoisotopic (exact) mass is 163 g/mol. The summed E-state index contributed by atoms with van der Waals surface area (Å²) < 4.78 is 5.12. The Labute approximate surface area is 72.7 Å². The van der Waals surface area contributed by atoms with Gasteiger partial charge in [0.15, 0.2) is 0 Å². The van der Waals surface area contributed by atoms with Crippen LogP contribution in [0, 0.1) is 0 Å². The highest BCUT2D eigenvalue weighted by Crippen LogP contribution is 2.19. The number of hydrogen-bond acceptors (Lipinski definition) is 2. The maximum Gasteiger partial charge on any atom is 0.123 e. The Kier molecular flexibility index (Phi) is 2.88. The molecule has 2 heteroatoms. The Morgan fingerprint density at radius 1 is 1.58 bits per heavy atom. The minimum atomic E-state index is 0.491. The zero-order valence-electron chi connectivity index (χ0n) is 7.21. The van der Waals surface area contributed by atoms with E-state index in [1.165, 1.54) is 0 Å². The molecule has 1 aromatic rings. The molecule has 12 heavy (non-hydrogen) atoms. The van der Waals surface area contributed by atoms with Gasteiger partial charge in [-0.05, 0) is 17.7 Å². The first-order chi connectivity index (χ1) is 5.81. The molecule has 0 atom stereocenters. The molecule has 0 aliphatic heterocycles. The van der Waals surface area contributed by atoms with Gasteiger partial charge in [0.1, 0.15) is 5.75 Å². The molecule has 0 spiro atoms. The maximum absolute atomic E-state index is 5.54. The van der Waals surface area contributed by atoms with Crippen molar-refractivity contribution < 1.29 is 4.74 Å². The fourth-order valence-corrected chi connectivity index (χ4v) is 1.08. The van der Waals surface area contributed by atoms with Crippen LogP contribution < -0.4 is 10.5 Å². The van der Waals surface area contributed by atoms with Crippen LogP contribution in [0.5, 0.6) is 5.75 Å². The average molecular weight is 163 g/mol. The van der Waals surface area contributed by atoms with Gasteiger partial charge in [0.2, 0.25) is 0 Å². The minimum Gasteiger partial charge on any atom is -0.496 e. The largest absolute Gasteiger partial charge is 0.496 e. The molecule has 0 heterocycles. The highest BCUT2D eigenvalue weighted by atomic mass is 16.5. The molecule has 0 bridgehead atoms. The fraction of sp³-hybridized carbons (Fsp3) is 0.200. The SMILES string of the molecule is C=Cc1ccc(OC)c(CN)c1. The molecule has 0 aromatic heterocycles. The highest BCUT2D eigenvalue weighted by Gasteiger charge is 1.99. The van der Waals surface area contributed by atoms with Crippen LogP contribution in [0.4, 0.5) is 0 Å². The molecule has 0 radical (unpaired) electrons. The Morgan fingerprint density at radius 2 is 2.33 bits per heavy atom. The minimum absolute atomic E-state index is 0.491. The summed E-state index contributed by atoms with van der Waals surface area (Å²) in [6.45, 7) is 4.17. The van der Waals surface area contributed by atoms with Crippen LogP contribution in [-0.4, -0.2) is 7.11 Å². The topological polar surface area (TPSA) is 35.2 Å². The van der Waals surface area contributed by atoms with Gasteiger partial charge >= 0.3 is 0 Å². The molecule has 0 unspecified atom stereocenters. The summed E-state index contributed by atoms with van der Waals surface area (Å²) in [4.78, 5) is 0. The van der Waals surface area contributed by atoms with Crippen molar-refractivity contribution in [1.82, 2.24) is 0 Å². The first-order valence-corrected chi connectivity index (χ1v) is 3.81. The first-order valence-electron chi connectivity index (χ1n) is 3.81. The van der Waals surface area contributed by atoms with Crippen LogP contribution in [0.15, 0.2) is 24.8 Å². The van der Waals surface area contributed by atoms with Gasteiger partial charge in [0, 0.05) is 12.1 Å². The van der Waals surface area contributed by atoms with E-state index in [1.54, 1.807) is 13.2 Å². The first kappa shape index (κ1) is 8.81. The van der Waals surface area contributed by atoms with E-state index in [0.29, 0.717) is 6.54 Å². The molecule has 1 rings (SSSR count). The van der Waals surface area contributed by atoms with Crippen molar-refractivity contribution in [2.75, 3.05) is 7.11 Å². The predicted octanol–water partition coefficient (Wildman–Crippen LogP) is 1.80. The van der Waals surface area contributed by atoms with Crippen molar-refractivity contribution in [2.24, 2.45) is 5.73 Å². The van der Waals surface area contributed by atoms with Crippen molar-refractivity contribution in [3.8, 4) is 5.75 Å². The summed E-state index contributed by atoms with van der Waals surface area (Å²) in [6.07, 6.45) is 1.79. The third-order valence-corrected chi connectivity index (χ3v) is 1.76. The van der Waals surface area contributed by atoms with Gasteiger partial charge in [-0.3, -0.25) is 0 Å². The summed E-state index contributed by atoms with van der Waals surface area (Å²) in [7, 11) is 1.64. The summed E-state index contributed by atoms with van der Waals surface area (Å²) in [5, 5.41) is 0. The van der Waals surface area contributed by atoms with E-state index in [1.807, 2.05) is 18.2 Å². The molecule has 2 N–H and O–H groups in total. The molecule has 0 fully saturated rings. The number of rotatable bonds is 3. The normalized spacial score (nSPS) is 9.50. The van der Waals surface area contributed by atoms with Crippen LogP contribution in [0.25, 0.3) is 6.08 Å². The van der Waals surface area contributed by atoms with Crippen molar-refractivity contribution in [3.63, 3.8) is 0 Å². The van der Waals surface area contributed by atoms with Crippen molar-refractivity contribution in [1.29, 1.82) is 0 Å². The van der Waals surface area contributed by atoms with Crippen LogP contribution in [0.3, 0.4) is 0 Å². The molecule has 0 aliphatic rings. The quantitative estimate of drug-likeness (QED) is 0.737. The molecule has 1 aromatic carbocycles. The van der Waals surface area contributed by atoms with E-state index < -0.39 is 0 Å². The van der Waals surface area contributed by atoms with Crippen LogP contribution >= 0.6 is 0 Å². The van der Waals surface area contributed by atoms with Gasteiger partial charge in [-0.1, -0.05) is 18.7 Å². The molecular formula is C10H13NO. The molecular weight excluding hydrogens is 150 g/mol. The van der Waals surface area contributed by atoms with Gasteiger partial charge in [0.25, 0.3) is 0 Å². The lowest BCUT2D eigenvalue weighted by atomic mass is 10.1. The Balaban J connectivity index is 3.10. The summed E-state index contributed by atoms with van der Waals surface area (Å²) in [6, 6.07) is 5.83. The van der Waals surface area contributed by atoms with E-state index in [0.717, 1.165) is 16.9 Å². The maximum atomic E-state index is 5.54. The Bertz CT molecular complexity index is 281. The molecule has 0 aliphatic carbocycles. The Morgan fingerprint density at radius 3 is 2.83 bits per heavy atom. The van der Waals surface area contributed by atoms with E-state index in [9.17, 15) is 0 Å². The smallest absolute Gasteiger partial charge is 0.123 e. The summed E-state index contributed by atoms with van der Waals surface area (Å²) in [5.41, 5.74) is 7.61. The van der Waals surface area contributed by atoms with Gasteiger partial charge in [-0.15, -0.1) is 0 Å². The number of nitrogens with two attached hydrogens (primary N) is 1. The van der Waals surface area contributed by atoms with E-state index in [2.05, 4.69) is 6.58 Å². The molecule has 0 saturated carbocycles. The van der Waals surface area contributed by atoms with Crippen LogP contribution in [0.1, 0.15) is 11.1 Å². The van der Waals surface area contributed by atoms with E-state index >= 15 is 0 Å². The van der Waals surface area contributed by atoms with Crippen molar-refractivity contribution in [2.45, 2.75) is 6.54 Å². The Hall–Kier alpha value is -1.28. The molecule has 0 amide bonds. The van der Waals surface area contributed by atoms with Gasteiger partial charge in [0.05, 0.1) is 7.11 Å². The molecule has 64 valence electrons. The second-order valence-corrected chi connectivity index (χ2v) is 2.48. The van der Waals surface area contributed by atoms with Crippen LogP contribution in [0.2, 0.25) is 0 Å². The lowest BCUT2D eigenvalue weighted by Crippen LogP contribution is -1.99. The number of ether oxygens (including phenoxy) is 1. The van der Waals surface area contributed by atoms with E-state index in [4.69, 9.17) is 10.5 Å².